The molecule has 1 heterocycles. The fraction of sp³-hybridized carbons (Fsp3) is 0.500. The Morgan fingerprint density at radius 1 is 1.31 bits per heavy atom. The number of hydrogen-bond donors (Lipinski definition) is 2. The minimum absolute atomic E-state index is 0.0612. The van der Waals surface area contributed by atoms with Crippen molar-refractivity contribution < 1.29 is 13.2 Å². The predicted octanol–water partition coefficient (Wildman–Crippen LogP) is 1.03. The van der Waals surface area contributed by atoms with Gasteiger partial charge in [0, 0.05) is 19.7 Å². The molecule has 8 heteroatoms. The molecule has 0 aromatic carbocycles. The number of anilines is 3. The van der Waals surface area contributed by atoms with E-state index in [4.69, 9.17) is 11.5 Å². The van der Waals surface area contributed by atoms with E-state index in [0.29, 0.717) is 0 Å². The number of alkyl halides is 3. The zero-order valence-electron chi connectivity index (χ0n) is 8.62. The summed E-state index contributed by atoms with van der Waals surface area (Å²) in [6, 6.07) is 1.37. The maximum atomic E-state index is 12.0. The molecule has 0 aliphatic carbocycles. The van der Waals surface area contributed by atoms with E-state index >= 15 is 0 Å². The van der Waals surface area contributed by atoms with Gasteiger partial charge in [-0.25, -0.2) is 0 Å². The second kappa shape index (κ2) is 4.42. The first-order valence-electron chi connectivity index (χ1n) is 4.46. The summed E-state index contributed by atoms with van der Waals surface area (Å²) in [4.78, 5) is 8.72. The van der Waals surface area contributed by atoms with Crippen molar-refractivity contribution in [3.8, 4) is 0 Å². The molecule has 0 fully saturated rings. The molecule has 0 radical (unpaired) electrons. The third-order valence-electron chi connectivity index (χ3n) is 1.87. The highest BCUT2D eigenvalue weighted by Crippen LogP contribution is 2.21. The molecule has 1 rings (SSSR count). The lowest BCUT2D eigenvalue weighted by Crippen LogP contribution is -2.25. The maximum absolute atomic E-state index is 12.0. The molecule has 0 atom stereocenters. The number of hydrogen-bond acceptors (Lipinski definition) is 5. The molecule has 4 N–H and O–H groups in total. The van der Waals surface area contributed by atoms with Crippen LogP contribution in [0.3, 0.4) is 0 Å². The van der Waals surface area contributed by atoms with Crippen LogP contribution >= 0.6 is 0 Å². The first kappa shape index (κ1) is 12.3. The van der Waals surface area contributed by atoms with E-state index in [1.54, 1.807) is 0 Å². The molecule has 0 saturated heterocycles. The van der Waals surface area contributed by atoms with Gasteiger partial charge in [-0.1, -0.05) is 0 Å². The molecule has 90 valence electrons. The lowest BCUT2D eigenvalue weighted by Gasteiger charge is -2.19. The molecule has 1 aromatic rings. The van der Waals surface area contributed by atoms with E-state index in [9.17, 15) is 13.2 Å². The summed E-state index contributed by atoms with van der Waals surface area (Å²) in [5, 5.41) is 0. The van der Waals surface area contributed by atoms with Crippen LogP contribution in [0.4, 0.5) is 30.8 Å². The van der Waals surface area contributed by atoms with Crippen LogP contribution in [0.25, 0.3) is 0 Å². The largest absolute Gasteiger partial charge is 0.390 e. The van der Waals surface area contributed by atoms with Crippen molar-refractivity contribution in [2.75, 3.05) is 30.0 Å². The minimum atomic E-state index is -4.20. The van der Waals surface area contributed by atoms with Crippen molar-refractivity contribution in [2.24, 2.45) is 0 Å². The molecule has 5 nitrogen and oxygen atoms in total. The van der Waals surface area contributed by atoms with E-state index in [1.165, 1.54) is 18.0 Å². The Bertz CT molecular complexity index is 345. The van der Waals surface area contributed by atoms with Crippen molar-refractivity contribution in [3.63, 3.8) is 0 Å². The highest BCUT2D eigenvalue weighted by molar-refractivity contribution is 5.49. The van der Waals surface area contributed by atoms with Crippen molar-refractivity contribution in [1.82, 2.24) is 9.97 Å². The Hall–Kier alpha value is -1.73. The quantitative estimate of drug-likeness (QED) is 0.817. The molecule has 0 saturated carbocycles. The number of rotatable bonds is 3. The van der Waals surface area contributed by atoms with Gasteiger partial charge < -0.3 is 16.4 Å². The van der Waals surface area contributed by atoms with Crippen LogP contribution in [0.2, 0.25) is 0 Å². The average molecular weight is 235 g/mol. The summed E-state index contributed by atoms with van der Waals surface area (Å²) in [6.45, 7) is -0.209. The monoisotopic (exact) mass is 235 g/mol. The predicted molar refractivity (Wildman–Crippen MR) is 54.8 cm³/mol. The van der Waals surface area contributed by atoms with Gasteiger partial charge in [-0.15, -0.1) is 0 Å². The van der Waals surface area contributed by atoms with Gasteiger partial charge in [-0.2, -0.15) is 23.1 Å². The summed E-state index contributed by atoms with van der Waals surface area (Å²) in [6.07, 6.45) is -5.12. The van der Waals surface area contributed by atoms with Crippen LogP contribution in [0.5, 0.6) is 0 Å². The van der Waals surface area contributed by atoms with Crippen molar-refractivity contribution >= 4 is 17.6 Å². The van der Waals surface area contributed by atoms with Gasteiger partial charge in [-0.3, -0.25) is 0 Å². The smallest absolute Gasteiger partial charge is 0.383 e. The van der Waals surface area contributed by atoms with Crippen LogP contribution in [0.1, 0.15) is 6.42 Å². The van der Waals surface area contributed by atoms with Crippen LogP contribution in [0.15, 0.2) is 6.07 Å². The lowest BCUT2D eigenvalue weighted by molar-refractivity contribution is -0.132. The summed E-state index contributed by atoms with van der Waals surface area (Å²) in [7, 11) is 1.48. The Kier molecular flexibility index (Phi) is 3.41. The second-order valence-electron chi connectivity index (χ2n) is 3.30. The molecule has 0 unspecified atom stereocenters. The van der Waals surface area contributed by atoms with Crippen LogP contribution in [-0.4, -0.2) is 29.7 Å². The van der Waals surface area contributed by atoms with Crippen molar-refractivity contribution in [3.05, 3.63) is 6.07 Å². The summed E-state index contributed by atoms with van der Waals surface area (Å²) in [5.74, 6) is 0.337. The van der Waals surface area contributed by atoms with Gasteiger partial charge in [0.05, 0.1) is 6.42 Å². The fourth-order valence-corrected chi connectivity index (χ4v) is 1.08. The molecule has 16 heavy (non-hydrogen) atoms. The van der Waals surface area contributed by atoms with Gasteiger partial charge in [-0.05, 0) is 0 Å². The van der Waals surface area contributed by atoms with Gasteiger partial charge >= 0.3 is 6.18 Å². The number of nitrogens with zero attached hydrogens (tertiary/aromatic N) is 3. The van der Waals surface area contributed by atoms with Crippen LogP contribution in [-0.2, 0) is 0 Å². The SMILES string of the molecule is CN(CCC(F)(F)F)c1cc(N)nc(N)n1. The molecule has 1 aromatic heterocycles. The third kappa shape index (κ3) is 3.79. The van der Waals surface area contributed by atoms with Gasteiger partial charge in [0.15, 0.2) is 0 Å². The number of halogens is 3. The maximum Gasteiger partial charge on any atom is 0.390 e. The summed E-state index contributed by atoms with van der Waals surface area (Å²) in [5.41, 5.74) is 10.7. The summed E-state index contributed by atoms with van der Waals surface area (Å²) < 4.78 is 35.9. The molecule has 0 aliphatic heterocycles. The van der Waals surface area contributed by atoms with Crippen molar-refractivity contribution in [1.29, 1.82) is 0 Å². The Morgan fingerprint density at radius 2 is 1.94 bits per heavy atom. The molecular weight excluding hydrogens is 223 g/mol. The van der Waals surface area contributed by atoms with Gasteiger partial charge in [0.25, 0.3) is 0 Å². The number of nitrogens with two attached hydrogens (primary N) is 2. The third-order valence-corrected chi connectivity index (χ3v) is 1.87. The normalized spacial score (nSPS) is 11.5. The lowest BCUT2D eigenvalue weighted by atomic mass is 10.4. The number of nitrogen functional groups attached to an aromatic ring is 2. The first-order valence-corrected chi connectivity index (χ1v) is 4.46. The zero-order chi connectivity index (χ0) is 12.3. The van der Waals surface area contributed by atoms with E-state index in [1.807, 2.05) is 0 Å². The first-order chi connectivity index (χ1) is 7.28. The molecule has 0 bridgehead atoms. The van der Waals surface area contributed by atoms with Crippen LogP contribution < -0.4 is 16.4 Å². The standard InChI is InChI=1S/C8H12F3N5/c1-16(3-2-8(9,10)11)6-4-5(12)14-7(13)15-6/h4H,2-3H2,1H3,(H4,12,13,14,15). The van der Waals surface area contributed by atoms with Gasteiger partial charge in [0.2, 0.25) is 5.95 Å². The topological polar surface area (TPSA) is 81.1 Å². The van der Waals surface area contributed by atoms with E-state index < -0.39 is 12.6 Å². The molecule has 0 aliphatic rings. The van der Waals surface area contributed by atoms with E-state index in [-0.39, 0.29) is 24.1 Å². The second-order valence-corrected chi connectivity index (χ2v) is 3.30. The number of aromatic nitrogens is 2. The zero-order valence-corrected chi connectivity index (χ0v) is 8.62. The average Bonchev–Trinajstić information content (AvgIpc) is 2.11. The fourth-order valence-electron chi connectivity index (χ4n) is 1.08. The van der Waals surface area contributed by atoms with E-state index in [2.05, 4.69) is 9.97 Å². The highest BCUT2D eigenvalue weighted by atomic mass is 19.4. The van der Waals surface area contributed by atoms with Gasteiger partial charge in [0.1, 0.15) is 11.6 Å². The summed E-state index contributed by atoms with van der Waals surface area (Å²) >= 11 is 0. The Morgan fingerprint density at radius 3 is 2.44 bits per heavy atom. The minimum Gasteiger partial charge on any atom is -0.383 e. The molecular formula is C8H12F3N5. The van der Waals surface area contributed by atoms with Crippen molar-refractivity contribution in [2.45, 2.75) is 12.6 Å². The Balaban J connectivity index is 2.69. The van der Waals surface area contributed by atoms with Crippen LogP contribution in [0, 0.1) is 0 Å². The molecule has 0 spiro atoms. The van der Waals surface area contributed by atoms with E-state index in [0.717, 1.165) is 0 Å². The molecule has 0 amide bonds. The Labute approximate surface area is 90.3 Å². The highest BCUT2D eigenvalue weighted by Gasteiger charge is 2.27.